The van der Waals surface area contributed by atoms with E-state index >= 15 is 0 Å². The molecule has 116 valence electrons. The first kappa shape index (κ1) is 17.0. The highest BCUT2D eigenvalue weighted by Crippen LogP contribution is 2.23. The number of anilines is 1. The number of methoxy groups -OCH3 is 1. The Morgan fingerprint density at radius 1 is 1.33 bits per heavy atom. The zero-order valence-corrected chi connectivity index (χ0v) is 12.5. The highest BCUT2D eigenvalue weighted by molar-refractivity contribution is 7.93. The number of carboxylic acids is 1. The van der Waals surface area contributed by atoms with Gasteiger partial charge in [-0.05, 0) is 18.6 Å². The number of hydrogen-bond acceptors (Lipinski definition) is 5. The molecule has 1 atom stereocenters. The van der Waals surface area contributed by atoms with Gasteiger partial charge in [0.1, 0.15) is 11.5 Å². The number of sulfone groups is 1. The lowest BCUT2D eigenvalue weighted by Crippen LogP contribution is -2.35. The number of rotatable bonds is 7. The molecule has 0 radical (unpaired) electrons. The standard InChI is InChI=1S/C13H17NO6S/c1-3-11(13(16)17)21(18,19)8-12(15)14-9-6-4-5-7-10(9)20-2/h4-7,11H,3,8H2,1-2H3,(H,14,15)(H,16,17). The van der Waals surface area contributed by atoms with Gasteiger partial charge in [-0.3, -0.25) is 9.59 Å². The van der Waals surface area contributed by atoms with Crippen LogP contribution >= 0.6 is 0 Å². The molecule has 21 heavy (non-hydrogen) atoms. The summed E-state index contributed by atoms with van der Waals surface area (Å²) in [5, 5.41) is 9.68. The average Bonchev–Trinajstić information content (AvgIpc) is 2.38. The minimum Gasteiger partial charge on any atom is -0.495 e. The van der Waals surface area contributed by atoms with Crippen LogP contribution in [0.2, 0.25) is 0 Å². The number of benzene rings is 1. The van der Waals surface area contributed by atoms with Crippen LogP contribution in [0, 0.1) is 0 Å². The number of aliphatic carboxylic acids is 1. The van der Waals surface area contributed by atoms with Crippen LogP contribution in [0.15, 0.2) is 24.3 Å². The molecule has 1 aromatic rings. The highest BCUT2D eigenvalue weighted by atomic mass is 32.2. The lowest BCUT2D eigenvalue weighted by Gasteiger charge is -2.12. The lowest BCUT2D eigenvalue weighted by atomic mass is 10.3. The molecule has 1 unspecified atom stereocenters. The summed E-state index contributed by atoms with van der Waals surface area (Å²) in [6.45, 7) is 1.44. The third kappa shape index (κ3) is 4.45. The zero-order chi connectivity index (χ0) is 16.0. The first-order valence-corrected chi connectivity index (χ1v) is 7.90. The highest BCUT2D eigenvalue weighted by Gasteiger charge is 2.32. The second-order valence-corrected chi connectivity index (χ2v) is 6.47. The van der Waals surface area contributed by atoms with E-state index < -0.39 is 32.7 Å². The third-order valence-electron chi connectivity index (χ3n) is 2.79. The van der Waals surface area contributed by atoms with Gasteiger partial charge in [0.05, 0.1) is 12.8 Å². The van der Waals surface area contributed by atoms with Crippen molar-refractivity contribution in [2.75, 3.05) is 18.2 Å². The van der Waals surface area contributed by atoms with Crippen LogP contribution in [0.4, 0.5) is 5.69 Å². The molecule has 1 amide bonds. The van der Waals surface area contributed by atoms with E-state index in [0.717, 1.165) is 0 Å². The van der Waals surface area contributed by atoms with Crippen LogP contribution in [0.1, 0.15) is 13.3 Å². The molecule has 0 fully saturated rings. The Morgan fingerprint density at radius 3 is 2.48 bits per heavy atom. The maximum Gasteiger partial charge on any atom is 0.321 e. The number of carbonyl (C=O) groups is 2. The van der Waals surface area contributed by atoms with Crippen LogP contribution in [-0.2, 0) is 19.4 Å². The Bertz CT molecular complexity index is 625. The molecule has 0 heterocycles. The maximum absolute atomic E-state index is 11.9. The van der Waals surface area contributed by atoms with E-state index in [1.54, 1.807) is 24.3 Å². The van der Waals surface area contributed by atoms with Crippen molar-refractivity contribution in [3.8, 4) is 5.75 Å². The SMILES string of the molecule is CCC(C(=O)O)S(=O)(=O)CC(=O)Nc1ccccc1OC. The summed E-state index contributed by atoms with van der Waals surface area (Å²) in [4.78, 5) is 22.7. The van der Waals surface area contributed by atoms with Crippen LogP contribution in [0.5, 0.6) is 5.75 Å². The maximum atomic E-state index is 11.9. The summed E-state index contributed by atoms with van der Waals surface area (Å²) < 4.78 is 28.8. The van der Waals surface area contributed by atoms with Crippen LogP contribution in [-0.4, -0.2) is 43.5 Å². The minimum atomic E-state index is -4.06. The molecule has 8 heteroatoms. The summed E-state index contributed by atoms with van der Waals surface area (Å²) in [5.74, 6) is -2.77. The van der Waals surface area contributed by atoms with Gasteiger partial charge in [-0.15, -0.1) is 0 Å². The van der Waals surface area contributed by atoms with E-state index in [1.807, 2.05) is 0 Å². The smallest absolute Gasteiger partial charge is 0.321 e. The number of ether oxygens (including phenoxy) is 1. The van der Waals surface area contributed by atoms with Gasteiger partial charge in [-0.1, -0.05) is 19.1 Å². The molecule has 0 saturated carbocycles. The molecule has 2 N–H and O–H groups in total. The van der Waals surface area contributed by atoms with Gasteiger partial charge in [0.15, 0.2) is 15.1 Å². The molecule has 0 aliphatic rings. The average molecular weight is 315 g/mol. The van der Waals surface area contributed by atoms with Crippen molar-refractivity contribution in [1.82, 2.24) is 0 Å². The van der Waals surface area contributed by atoms with Gasteiger partial charge in [0, 0.05) is 0 Å². The molecule has 0 bridgehead atoms. The van der Waals surface area contributed by atoms with E-state index in [-0.39, 0.29) is 6.42 Å². The molecule has 7 nitrogen and oxygen atoms in total. The lowest BCUT2D eigenvalue weighted by molar-refractivity contribution is -0.136. The molecular formula is C13H17NO6S. The van der Waals surface area contributed by atoms with Gasteiger partial charge in [0.2, 0.25) is 5.91 Å². The minimum absolute atomic E-state index is 0.0976. The molecule has 1 aromatic carbocycles. The first-order chi connectivity index (χ1) is 9.81. The molecule has 0 aliphatic carbocycles. The molecule has 1 rings (SSSR count). The van der Waals surface area contributed by atoms with Crippen molar-refractivity contribution in [1.29, 1.82) is 0 Å². The number of hydrogen-bond donors (Lipinski definition) is 2. The van der Waals surface area contributed by atoms with Crippen molar-refractivity contribution < 1.29 is 27.9 Å². The van der Waals surface area contributed by atoms with Gasteiger partial charge >= 0.3 is 5.97 Å². The molecule has 0 aromatic heterocycles. The van der Waals surface area contributed by atoms with E-state index in [1.165, 1.54) is 14.0 Å². The van der Waals surface area contributed by atoms with Crippen LogP contribution < -0.4 is 10.1 Å². The van der Waals surface area contributed by atoms with Crippen molar-refractivity contribution in [2.24, 2.45) is 0 Å². The van der Waals surface area contributed by atoms with Crippen LogP contribution in [0.3, 0.4) is 0 Å². The number of carboxylic acid groups (broad SMARTS) is 1. The largest absolute Gasteiger partial charge is 0.495 e. The Hall–Kier alpha value is -2.09. The Kier molecular flexibility index (Phi) is 5.71. The van der Waals surface area contributed by atoms with Gasteiger partial charge in [-0.25, -0.2) is 8.42 Å². The Morgan fingerprint density at radius 2 is 1.95 bits per heavy atom. The third-order valence-corrected chi connectivity index (χ3v) is 4.86. The van der Waals surface area contributed by atoms with E-state index in [9.17, 15) is 18.0 Å². The van der Waals surface area contributed by atoms with Gasteiger partial charge in [0.25, 0.3) is 0 Å². The second kappa shape index (κ2) is 7.07. The number of amides is 1. The predicted molar refractivity (Wildman–Crippen MR) is 77.1 cm³/mol. The molecular weight excluding hydrogens is 298 g/mol. The summed E-state index contributed by atoms with van der Waals surface area (Å²) in [5.41, 5.74) is 0.323. The fourth-order valence-corrected chi connectivity index (χ4v) is 3.25. The quantitative estimate of drug-likeness (QED) is 0.774. The van der Waals surface area contributed by atoms with Crippen molar-refractivity contribution in [2.45, 2.75) is 18.6 Å². The van der Waals surface area contributed by atoms with E-state index in [4.69, 9.17) is 9.84 Å². The van der Waals surface area contributed by atoms with Crippen LogP contribution in [0.25, 0.3) is 0 Å². The summed E-state index contributed by atoms with van der Waals surface area (Å²) in [6.07, 6.45) is -0.0976. The Balaban J connectivity index is 2.84. The van der Waals surface area contributed by atoms with Crippen molar-refractivity contribution >= 4 is 27.4 Å². The summed E-state index contributed by atoms with van der Waals surface area (Å²) in [6, 6.07) is 6.51. The summed E-state index contributed by atoms with van der Waals surface area (Å²) in [7, 11) is -2.65. The Labute approximate surface area is 122 Å². The molecule has 0 aliphatic heterocycles. The van der Waals surface area contributed by atoms with E-state index in [0.29, 0.717) is 11.4 Å². The molecule has 0 saturated heterocycles. The second-order valence-electron chi connectivity index (χ2n) is 4.29. The van der Waals surface area contributed by atoms with E-state index in [2.05, 4.69) is 5.32 Å². The predicted octanol–water partition coefficient (Wildman–Crippen LogP) is 0.912. The number of nitrogens with one attached hydrogen (secondary N) is 1. The first-order valence-electron chi connectivity index (χ1n) is 6.19. The number of para-hydroxylation sites is 2. The fraction of sp³-hybridized carbons (Fsp3) is 0.385. The monoisotopic (exact) mass is 315 g/mol. The zero-order valence-electron chi connectivity index (χ0n) is 11.7. The van der Waals surface area contributed by atoms with Crippen molar-refractivity contribution in [3.63, 3.8) is 0 Å². The van der Waals surface area contributed by atoms with Crippen molar-refractivity contribution in [3.05, 3.63) is 24.3 Å². The summed E-state index contributed by atoms with van der Waals surface area (Å²) >= 11 is 0. The van der Waals surface area contributed by atoms with Gasteiger partial charge < -0.3 is 15.2 Å². The number of carbonyl (C=O) groups excluding carboxylic acids is 1. The normalized spacial score (nSPS) is 12.5. The fourth-order valence-electron chi connectivity index (χ4n) is 1.80. The molecule has 0 spiro atoms. The van der Waals surface area contributed by atoms with Gasteiger partial charge in [-0.2, -0.15) is 0 Å². The topological polar surface area (TPSA) is 110 Å².